The Bertz CT molecular complexity index is 562. The van der Waals surface area contributed by atoms with Crippen LogP contribution in [0.2, 0.25) is 0 Å². The molecule has 0 unspecified atom stereocenters. The summed E-state index contributed by atoms with van der Waals surface area (Å²) in [5, 5.41) is 4.45. The van der Waals surface area contributed by atoms with Crippen LogP contribution < -0.4 is 5.32 Å². The van der Waals surface area contributed by atoms with Crippen LogP contribution in [0, 0.1) is 20.8 Å². The zero-order valence-corrected chi connectivity index (χ0v) is 11.6. The first-order chi connectivity index (χ1) is 7.54. The summed E-state index contributed by atoms with van der Waals surface area (Å²) in [6, 6.07) is 4.27. The Labute approximate surface area is 104 Å². The minimum absolute atomic E-state index is 1.03. The van der Waals surface area contributed by atoms with E-state index in [1.165, 1.54) is 22.2 Å². The molecule has 2 aromatic rings. The second-order valence-corrected chi connectivity index (χ2v) is 4.94. The van der Waals surface area contributed by atoms with E-state index < -0.39 is 0 Å². The highest BCUT2D eigenvalue weighted by Gasteiger charge is 2.10. The molecule has 0 saturated carbocycles. The maximum absolute atomic E-state index is 4.64. The topological polar surface area (TPSA) is 24.9 Å². The van der Waals surface area contributed by atoms with Crippen molar-refractivity contribution in [1.29, 1.82) is 0 Å². The molecule has 1 aromatic heterocycles. The Kier molecular flexibility index (Phi) is 2.89. The van der Waals surface area contributed by atoms with E-state index in [1.807, 2.05) is 14.0 Å². The highest BCUT2D eigenvalue weighted by Crippen LogP contribution is 2.32. The van der Waals surface area contributed by atoms with Crippen molar-refractivity contribution in [1.82, 2.24) is 4.98 Å². The number of pyridine rings is 1. The van der Waals surface area contributed by atoms with Crippen molar-refractivity contribution < 1.29 is 0 Å². The lowest BCUT2D eigenvalue weighted by atomic mass is 10.1. The minimum Gasteiger partial charge on any atom is -0.387 e. The molecule has 16 heavy (non-hydrogen) atoms. The predicted octanol–water partition coefficient (Wildman–Crippen LogP) is 3.96. The Morgan fingerprint density at radius 1 is 1.19 bits per heavy atom. The van der Waals surface area contributed by atoms with Gasteiger partial charge in [0.2, 0.25) is 0 Å². The third-order valence-corrected chi connectivity index (χ3v) is 3.53. The maximum atomic E-state index is 4.64. The van der Waals surface area contributed by atoms with Crippen LogP contribution in [-0.4, -0.2) is 12.0 Å². The van der Waals surface area contributed by atoms with Crippen molar-refractivity contribution in [2.24, 2.45) is 0 Å². The number of aromatic nitrogens is 1. The number of anilines is 1. The summed E-state index contributed by atoms with van der Waals surface area (Å²) in [4.78, 5) is 4.64. The van der Waals surface area contributed by atoms with E-state index in [0.29, 0.717) is 0 Å². The number of hydrogen-bond acceptors (Lipinski definition) is 2. The Balaban J connectivity index is 2.96. The first-order valence-corrected chi connectivity index (χ1v) is 6.08. The molecule has 0 aliphatic heterocycles. The summed E-state index contributed by atoms with van der Waals surface area (Å²) < 4.78 is 1.06. The first kappa shape index (κ1) is 11.4. The quantitative estimate of drug-likeness (QED) is 0.854. The van der Waals surface area contributed by atoms with Gasteiger partial charge in [-0.1, -0.05) is 0 Å². The molecular weight excluding hydrogens is 264 g/mol. The van der Waals surface area contributed by atoms with Gasteiger partial charge in [-0.15, -0.1) is 0 Å². The number of halogens is 1. The largest absolute Gasteiger partial charge is 0.387 e. The standard InChI is InChI=1S/C13H15BrN2/c1-7-5-10-12(15-4)8(2)9(3)16-13(10)11(14)6-7/h5-6H,1-4H3,(H,15,16). The van der Waals surface area contributed by atoms with Gasteiger partial charge in [0.15, 0.2) is 0 Å². The molecule has 1 aromatic carbocycles. The van der Waals surface area contributed by atoms with Crippen LogP contribution in [0.25, 0.3) is 10.9 Å². The van der Waals surface area contributed by atoms with Gasteiger partial charge in [-0.25, -0.2) is 0 Å². The Hall–Kier alpha value is -1.09. The number of nitrogens with zero attached hydrogens (tertiary/aromatic N) is 1. The van der Waals surface area contributed by atoms with Crippen molar-refractivity contribution >= 4 is 32.5 Å². The lowest BCUT2D eigenvalue weighted by molar-refractivity contribution is 1.19. The van der Waals surface area contributed by atoms with E-state index in [4.69, 9.17) is 0 Å². The van der Waals surface area contributed by atoms with Crippen molar-refractivity contribution in [3.05, 3.63) is 33.4 Å². The molecule has 0 radical (unpaired) electrons. The fraction of sp³-hybridized carbons (Fsp3) is 0.308. The smallest absolute Gasteiger partial charge is 0.0868 e. The molecule has 1 N–H and O–H groups in total. The van der Waals surface area contributed by atoms with Crippen molar-refractivity contribution in [3.63, 3.8) is 0 Å². The first-order valence-electron chi connectivity index (χ1n) is 5.29. The molecular formula is C13H15BrN2. The average Bonchev–Trinajstić information content (AvgIpc) is 2.22. The molecule has 0 fully saturated rings. The monoisotopic (exact) mass is 278 g/mol. The highest BCUT2D eigenvalue weighted by molar-refractivity contribution is 9.10. The molecule has 0 aliphatic carbocycles. The van der Waals surface area contributed by atoms with Crippen LogP contribution >= 0.6 is 15.9 Å². The van der Waals surface area contributed by atoms with Crippen molar-refractivity contribution in [2.75, 3.05) is 12.4 Å². The second kappa shape index (κ2) is 4.06. The molecule has 0 saturated heterocycles. The summed E-state index contributed by atoms with van der Waals surface area (Å²) in [5.74, 6) is 0. The molecule has 1 heterocycles. The summed E-state index contributed by atoms with van der Waals surface area (Å²) in [7, 11) is 1.96. The lowest BCUT2D eigenvalue weighted by Crippen LogP contribution is -1.99. The summed E-state index contributed by atoms with van der Waals surface area (Å²) >= 11 is 3.58. The van der Waals surface area contributed by atoms with Gasteiger partial charge in [0.1, 0.15) is 0 Å². The highest BCUT2D eigenvalue weighted by atomic mass is 79.9. The molecule has 0 amide bonds. The molecule has 84 valence electrons. The van der Waals surface area contributed by atoms with Gasteiger partial charge >= 0.3 is 0 Å². The lowest BCUT2D eigenvalue weighted by Gasteiger charge is -2.13. The zero-order valence-electron chi connectivity index (χ0n) is 9.98. The fourth-order valence-electron chi connectivity index (χ4n) is 2.00. The van der Waals surface area contributed by atoms with Gasteiger partial charge in [-0.2, -0.15) is 0 Å². The second-order valence-electron chi connectivity index (χ2n) is 4.09. The van der Waals surface area contributed by atoms with Gasteiger partial charge in [-0.05, 0) is 60.0 Å². The number of rotatable bonds is 1. The van der Waals surface area contributed by atoms with E-state index in [2.05, 4.69) is 52.2 Å². The zero-order chi connectivity index (χ0) is 11.9. The molecule has 2 nitrogen and oxygen atoms in total. The predicted molar refractivity (Wildman–Crippen MR) is 73.2 cm³/mol. The number of nitrogens with one attached hydrogen (secondary N) is 1. The van der Waals surface area contributed by atoms with Crippen LogP contribution in [-0.2, 0) is 0 Å². The minimum atomic E-state index is 1.03. The maximum Gasteiger partial charge on any atom is 0.0868 e. The molecule has 0 bridgehead atoms. The van der Waals surface area contributed by atoms with Gasteiger partial charge in [0.05, 0.1) is 5.52 Å². The number of hydrogen-bond donors (Lipinski definition) is 1. The van der Waals surface area contributed by atoms with Crippen LogP contribution in [0.4, 0.5) is 5.69 Å². The van der Waals surface area contributed by atoms with Crippen LogP contribution in [0.3, 0.4) is 0 Å². The summed E-state index contributed by atoms with van der Waals surface area (Å²) in [6.07, 6.45) is 0. The summed E-state index contributed by atoms with van der Waals surface area (Å²) in [5.41, 5.74) is 5.72. The van der Waals surface area contributed by atoms with Gasteiger partial charge < -0.3 is 5.32 Å². The van der Waals surface area contributed by atoms with Crippen molar-refractivity contribution in [2.45, 2.75) is 20.8 Å². The molecule has 0 aliphatic rings. The molecule has 3 heteroatoms. The SMILES string of the molecule is CNc1c(C)c(C)nc2c(Br)cc(C)cc12. The Morgan fingerprint density at radius 3 is 2.50 bits per heavy atom. The van der Waals surface area contributed by atoms with Crippen LogP contribution in [0.5, 0.6) is 0 Å². The van der Waals surface area contributed by atoms with E-state index in [9.17, 15) is 0 Å². The van der Waals surface area contributed by atoms with Gasteiger partial charge in [0.25, 0.3) is 0 Å². The van der Waals surface area contributed by atoms with E-state index in [-0.39, 0.29) is 0 Å². The number of fused-ring (bicyclic) bond motifs is 1. The third-order valence-electron chi connectivity index (χ3n) is 2.92. The normalized spacial score (nSPS) is 10.8. The Morgan fingerprint density at radius 2 is 1.88 bits per heavy atom. The molecule has 0 spiro atoms. The fourth-order valence-corrected chi connectivity index (χ4v) is 2.66. The van der Waals surface area contributed by atoms with Crippen molar-refractivity contribution in [3.8, 4) is 0 Å². The van der Waals surface area contributed by atoms with Crippen LogP contribution in [0.15, 0.2) is 16.6 Å². The molecule has 2 rings (SSSR count). The van der Waals surface area contributed by atoms with Gasteiger partial charge in [0, 0.05) is 28.3 Å². The number of aryl methyl sites for hydroxylation is 2. The third kappa shape index (κ3) is 1.69. The van der Waals surface area contributed by atoms with E-state index in [1.54, 1.807) is 0 Å². The van der Waals surface area contributed by atoms with Crippen LogP contribution in [0.1, 0.15) is 16.8 Å². The van der Waals surface area contributed by atoms with Gasteiger partial charge in [-0.3, -0.25) is 4.98 Å². The summed E-state index contributed by atoms with van der Waals surface area (Å²) in [6.45, 7) is 6.24. The molecule has 0 atom stereocenters. The average molecular weight is 279 g/mol. The number of benzene rings is 1. The van der Waals surface area contributed by atoms with E-state index >= 15 is 0 Å². The van der Waals surface area contributed by atoms with E-state index in [0.717, 1.165) is 15.7 Å².